The number of aliphatic hydroxyl groups excluding tert-OH is 4. The van der Waals surface area contributed by atoms with E-state index in [1.165, 1.54) is 6.92 Å². The van der Waals surface area contributed by atoms with E-state index in [2.05, 4.69) is 36.6 Å². The Morgan fingerprint density at radius 1 is 0.709 bits per heavy atom. The molecule has 0 radical (unpaired) electrons. The third-order valence-corrected chi connectivity index (χ3v) is 8.19. The number of carboxylic acid groups (broad SMARTS) is 1. The van der Waals surface area contributed by atoms with Gasteiger partial charge in [-0.1, -0.05) is 0 Å². The molecule has 25 nitrogen and oxygen atoms in total. The Bertz CT molecular complexity index is 1390. The highest BCUT2D eigenvalue weighted by Crippen LogP contribution is 2.19. The number of nitrogens with two attached hydrogens (primary N) is 5. The van der Waals surface area contributed by atoms with E-state index in [4.69, 9.17) is 28.7 Å². The third-order valence-electron chi connectivity index (χ3n) is 8.19. The lowest BCUT2D eigenvalue weighted by Crippen LogP contribution is -2.61. The zero-order chi connectivity index (χ0) is 41.8. The van der Waals surface area contributed by atoms with Gasteiger partial charge < -0.3 is 85.7 Å². The quantitative estimate of drug-likeness (QED) is 0.0245. The number of rotatable bonds is 24. The van der Waals surface area contributed by atoms with E-state index < -0.39 is 110 Å². The maximum absolute atomic E-state index is 13.5. The van der Waals surface area contributed by atoms with E-state index in [0.717, 1.165) is 4.90 Å². The zero-order valence-corrected chi connectivity index (χ0v) is 30.4. The number of aliphatic hydroxyl groups is 4. The van der Waals surface area contributed by atoms with Crippen LogP contribution >= 0.6 is 0 Å². The van der Waals surface area contributed by atoms with Gasteiger partial charge in [0.25, 0.3) is 0 Å². The number of guanidine groups is 2. The number of carbonyl (C=O) groups is 7. The van der Waals surface area contributed by atoms with Crippen LogP contribution in [-0.2, 0) is 33.6 Å². The molecule has 0 spiro atoms. The molecule has 312 valence electrons. The van der Waals surface area contributed by atoms with Gasteiger partial charge in [-0.25, -0.2) is 4.79 Å². The molecule has 1 aliphatic rings. The average Bonchev–Trinajstić information content (AvgIpc) is 3.62. The summed E-state index contributed by atoms with van der Waals surface area (Å²) in [5.41, 5.74) is 26.8. The van der Waals surface area contributed by atoms with Crippen molar-refractivity contribution in [2.24, 2.45) is 38.7 Å². The van der Waals surface area contributed by atoms with Crippen molar-refractivity contribution < 1.29 is 59.1 Å². The topological polar surface area (TPSA) is 439 Å². The van der Waals surface area contributed by atoms with Crippen molar-refractivity contribution in [1.82, 2.24) is 31.5 Å². The summed E-state index contributed by atoms with van der Waals surface area (Å²) in [7, 11) is 0. The lowest BCUT2D eigenvalue weighted by atomic mass is 10.1. The molecule has 25 heteroatoms. The summed E-state index contributed by atoms with van der Waals surface area (Å²) < 4.78 is 0. The van der Waals surface area contributed by atoms with Crippen LogP contribution in [0.3, 0.4) is 0 Å². The summed E-state index contributed by atoms with van der Waals surface area (Å²) in [5.74, 6) is -7.70. The summed E-state index contributed by atoms with van der Waals surface area (Å²) in [6, 6.07) is -10.4. The molecule has 0 unspecified atom stereocenters. The van der Waals surface area contributed by atoms with Gasteiger partial charge in [-0.05, 0) is 45.4 Å². The van der Waals surface area contributed by atoms with Gasteiger partial charge in [0.2, 0.25) is 35.4 Å². The monoisotopic (exact) mass is 789 g/mol. The van der Waals surface area contributed by atoms with Crippen LogP contribution in [0, 0.1) is 0 Å². The normalized spacial score (nSPS) is 17.5. The van der Waals surface area contributed by atoms with Crippen molar-refractivity contribution in [1.29, 1.82) is 0 Å². The smallest absolute Gasteiger partial charge is 0.326 e. The Hall–Kier alpha value is -5.37. The Labute approximate surface area is 315 Å². The Kier molecular flexibility index (Phi) is 20.9. The molecule has 1 heterocycles. The first-order chi connectivity index (χ1) is 25.9. The van der Waals surface area contributed by atoms with E-state index in [0.29, 0.717) is 6.42 Å². The average molecular weight is 790 g/mol. The lowest BCUT2D eigenvalue weighted by molar-refractivity contribution is -0.144. The van der Waals surface area contributed by atoms with Crippen molar-refractivity contribution >= 4 is 53.3 Å². The van der Waals surface area contributed by atoms with Gasteiger partial charge in [0.15, 0.2) is 11.9 Å². The molecule has 0 aliphatic carbocycles. The molecule has 20 N–H and O–H groups in total. The van der Waals surface area contributed by atoms with Crippen molar-refractivity contribution in [2.75, 3.05) is 39.5 Å². The van der Waals surface area contributed by atoms with Crippen LogP contribution in [-0.4, -0.2) is 172 Å². The highest BCUT2D eigenvalue weighted by Gasteiger charge is 2.40. The summed E-state index contributed by atoms with van der Waals surface area (Å²) in [6.45, 7) is -1.50. The van der Waals surface area contributed by atoms with Crippen LogP contribution in [0.2, 0.25) is 0 Å². The minimum absolute atomic E-state index is 0.0198. The fourth-order valence-corrected chi connectivity index (χ4v) is 5.23. The van der Waals surface area contributed by atoms with Crippen LogP contribution < -0.4 is 55.3 Å². The summed E-state index contributed by atoms with van der Waals surface area (Å²) in [6.07, 6.45) is -0.617. The predicted octanol–water partition coefficient (Wildman–Crippen LogP) is -8.72. The summed E-state index contributed by atoms with van der Waals surface area (Å²) >= 11 is 0. The Balaban J connectivity index is 2.92. The summed E-state index contributed by atoms with van der Waals surface area (Å²) in [5, 5.41) is 60.4. The number of nitrogens with zero attached hydrogens (tertiary/aromatic N) is 3. The minimum atomic E-state index is -1.71. The van der Waals surface area contributed by atoms with Crippen LogP contribution in [0.4, 0.5) is 0 Å². The highest BCUT2D eigenvalue weighted by molar-refractivity contribution is 5.97. The fraction of sp³-hybridized carbons (Fsp3) is 0.700. The molecule has 55 heavy (non-hydrogen) atoms. The third kappa shape index (κ3) is 16.3. The first-order valence-electron chi connectivity index (χ1n) is 17.3. The maximum atomic E-state index is 13.5. The molecular formula is C30H55N13O12. The van der Waals surface area contributed by atoms with Gasteiger partial charge in [-0.3, -0.25) is 38.8 Å². The molecule has 0 aromatic heterocycles. The molecule has 0 aromatic rings. The van der Waals surface area contributed by atoms with Gasteiger partial charge in [-0.2, -0.15) is 0 Å². The number of aliphatic imine (C=N–C) groups is 2. The van der Waals surface area contributed by atoms with Crippen LogP contribution in [0.25, 0.3) is 0 Å². The first kappa shape index (κ1) is 47.7. The molecule has 0 bridgehead atoms. The molecule has 6 amide bonds. The minimum Gasteiger partial charge on any atom is -0.480 e. The van der Waals surface area contributed by atoms with Gasteiger partial charge in [-0.15, -0.1) is 0 Å². The largest absolute Gasteiger partial charge is 0.480 e. The Morgan fingerprint density at radius 3 is 1.69 bits per heavy atom. The standard InChI is InChI=1S/C30H55N13O12/c1-14(47)21(42-22(48)15(31)5-2-8-36-29(32)33)26(52)41-19(13-46)27(53)43-10-4-7-20(43)25(51)40-18(12-45)24(50)39-17(11-44)23(49)38-16(28(54)55)6-3-9-37-30(34)35/h14-21,44-47H,2-13,31H2,1H3,(H,38,49)(H,39,50)(H,40,51)(H,41,52)(H,42,48)(H,54,55)(H4,32,33,36)(H4,34,35,37)/t14-,15+,16+,17+,18+,19+,20+,21+/m1/s1. The van der Waals surface area contributed by atoms with Gasteiger partial charge in [0.1, 0.15) is 36.3 Å². The predicted molar refractivity (Wildman–Crippen MR) is 193 cm³/mol. The number of carboxylic acids is 1. The SMILES string of the molecule is C[C@@H](O)[C@H](NC(=O)[C@@H](N)CCCN=C(N)N)C(=O)N[C@@H](CO)C(=O)N1CCC[C@H]1C(=O)N[C@@H](CO)C(=O)N[C@@H](CO)C(=O)N[C@@H](CCCN=C(N)N)C(=O)O. The maximum Gasteiger partial charge on any atom is 0.326 e. The molecule has 1 fully saturated rings. The molecule has 0 saturated carbocycles. The summed E-state index contributed by atoms with van der Waals surface area (Å²) in [4.78, 5) is 98.2. The molecule has 1 aliphatic heterocycles. The number of hydrogen-bond acceptors (Lipinski definition) is 14. The molecule has 1 rings (SSSR count). The van der Waals surface area contributed by atoms with Gasteiger partial charge in [0.05, 0.1) is 32.0 Å². The number of aliphatic carboxylic acids is 1. The molecule has 8 atom stereocenters. The number of likely N-dealkylation sites (tertiary alicyclic amines) is 1. The van der Waals surface area contributed by atoms with E-state index >= 15 is 0 Å². The van der Waals surface area contributed by atoms with Crippen LogP contribution in [0.1, 0.15) is 45.4 Å². The number of carbonyl (C=O) groups excluding carboxylic acids is 6. The van der Waals surface area contributed by atoms with Crippen LogP contribution in [0.15, 0.2) is 9.98 Å². The Morgan fingerprint density at radius 2 is 1.20 bits per heavy atom. The second-order valence-electron chi connectivity index (χ2n) is 12.6. The fourth-order valence-electron chi connectivity index (χ4n) is 5.23. The first-order valence-corrected chi connectivity index (χ1v) is 17.3. The molecule has 1 saturated heterocycles. The van der Waals surface area contributed by atoms with Crippen molar-refractivity contribution in [3.05, 3.63) is 0 Å². The van der Waals surface area contributed by atoms with Crippen LogP contribution in [0.5, 0.6) is 0 Å². The van der Waals surface area contributed by atoms with Gasteiger partial charge in [0, 0.05) is 19.6 Å². The van der Waals surface area contributed by atoms with Gasteiger partial charge >= 0.3 is 5.97 Å². The molecular weight excluding hydrogens is 734 g/mol. The molecule has 0 aromatic carbocycles. The lowest BCUT2D eigenvalue weighted by Gasteiger charge is -2.30. The van der Waals surface area contributed by atoms with Crippen molar-refractivity contribution in [2.45, 2.75) is 93.8 Å². The van der Waals surface area contributed by atoms with E-state index in [1.807, 2.05) is 0 Å². The van der Waals surface area contributed by atoms with Crippen molar-refractivity contribution in [3.8, 4) is 0 Å². The second kappa shape index (κ2) is 24.1. The number of nitrogens with one attached hydrogen (secondary N) is 5. The zero-order valence-electron chi connectivity index (χ0n) is 30.4. The van der Waals surface area contributed by atoms with Crippen molar-refractivity contribution in [3.63, 3.8) is 0 Å². The van der Waals surface area contributed by atoms with E-state index in [9.17, 15) is 59.1 Å². The second-order valence-corrected chi connectivity index (χ2v) is 12.6. The van der Waals surface area contributed by atoms with E-state index in [1.54, 1.807) is 0 Å². The number of amides is 6. The number of hydrogen-bond donors (Lipinski definition) is 15. The highest BCUT2D eigenvalue weighted by atomic mass is 16.4. The van der Waals surface area contributed by atoms with E-state index in [-0.39, 0.29) is 63.7 Å².